The van der Waals surface area contributed by atoms with Crippen molar-refractivity contribution in [2.75, 3.05) is 11.2 Å². The third kappa shape index (κ3) is 3.18. The van der Waals surface area contributed by atoms with Gasteiger partial charge in [0, 0.05) is 29.5 Å². The maximum absolute atomic E-state index is 5.79. The number of aromatic nitrogens is 1. The average molecular weight is 213 g/mol. The summed E-state index contributed by atoms with van der Waals surface area (Å²) in [5.74, 6) is 1.14. The van der Waals surface area contributed by atoms with Gasteiger partial charge in [0.1, 0.15) is 0 Å². The molecule has 2 nitrogen and oxygen atoms in total. The molecule has 0 aliphatic rings. The predicted molar refractivity (Wildman–Crippen MR) is 61.9 cm³/mol. The Labute approximate surface area is 90.7 Å². The van der Waals surface area contributed by atoms with Crippen LogP contribution in [0.3, 0.4) is 0 Å². The molecule has 0 radical (unpaired) electrons. The smallest absolute Gasteiger partial charge is 0.0393 e. The summed E-state index contributed by atoms with van der Waals surface area (Å²) in [6.45, 7) is 6.27. The van der Waals surface area contributed by atoms with Gasteiger partial charge >= 0.3 is 0 Å². The Hall–Kier alpha value is -0.760. The van der Waals surface area contributed by atoms with Crippen molar-refractivity contribution in [3.8, 4) is 0 Å². The van der Waals surface area contributed by atoms with Crippen LogP contribution in [0.5, 0.6) is 0 Å². The van der Waals surface area contributed by atoms with E-state index in [1.807, 2.05) is 25.3 Å². The molecule has 2 unspecified atom stereocenters. The van der Waals surface area contributed by atoms with E-state index in [-0.39, 0.29) is 0 Å². The number of alkyl halides is 1. The summed E-state index contributed by atoms with van der Waals surface area (Å²) in [7, 11) is 0. The monoisotopic (exact) mass is 212 g/mol. The van der Waals surface area contributed by atoms with Crippen molar-refractivity contribution in [1.29, 1.82) is 0 Å². The molecule has 1 N–H and O–H groups in total. The fourth-order valence-corrected chi connectivity index (χ4v) is 1.44. The van der Waals surface area contributed by atoms with Crippen molar-refractivity contribution in [1.82, 2.24) is 4.98 Å². The number of anilines is 1. The molecule has 1 rings (SSSR count). The number of rotatable bonds is 4. The molecule has 0 saturated heterocycles. The first-order valence-corrected chi connectivity index (χ1v) is 5.42. The highest BCUT2D eigenvalue weighted by Gasteiger charge is 2.10. The number of hydrogen-bond acceptors (Lipinski definition) is 2. The highest BCUT2D eigenvalue weighted by atomic mass is 35.5. The van der Waals surface area contributed by atoms with Crippen LogP contribution in [0.25, 0.3) is 0 Å². The summed E-state index contributed by atoms with van der Waals surface area (Å²) in [4.78, 5) is 4.15. The third-order valence-electron chi connectivity index (χ3n) is 2.39. The van der Waals surface area contributed by atoms with Gasteiger partial charge in [-0.05, 0) is 31.9 Å². The molecular formula is C11H17ClN2. The van der Waals surface area contributed by atoms with Crippen LogP contribution in [0.4, 0.5) is 5.69 Å². The summed E-state index contributed by atoms with van der Waals surface area (Å²) in [6.07, 6.45) is 1.82. The molecule has 0 fully saturated rings. The molecule has 1 aromatic heterocycles. The molecule has 0 saturated carbocycles. The van der Waals surface area contributed by atoms with Gasteiger partial charge in [0.15, 0.2) is 0 Å². The SMILES string of the molecule is Cc1cc(NC(C)C(C)CCl)ccn1. The molecule has 0 aromatic carbocycles. The van der Waals surface area contributed by atoms with E-state index in [0.717, 1.165) is 11.4 Å². The number of nitrogens with one attached hydrogen (secondary N) is 1. The number of aryl methyl sites for hydroxylation is 1. The number of nitrogens with zero attached hydrogens (tertiary/aromatic N) is 1. The normalized spacial score (nSPS) is 14.9. The molecule has 0 spiro atoms. The standard InChI is InChI=1S/C11H17ClN2/c1-8(7-12)10(3)14-11-4-5-13-9(2)6-11/h4-6,8,10H,7H2,1-3H3,(H,13,14). The minimum atomic E-state index is 0.384. The van der Waals surface area contributed by atoms with Crippen LogP contribution in [-0.2, 0) is 0 Å². The van der Waals surface area contributed by atoms with Gasteiger partial charge in [0.05, 0.1) is 0 Å². The molecule has 1 aromatic rings. The first-order valence-electron chi connectivity index (χ1n) is 4.88. The molecule has 3 heteroatoms. The van der Waals surface area contributed by atoms with Crippen molar-refractivity contribution in [3.63, 3.8) is 0 Å². The largest absolute Gasteiger partial charge is 0.382 e. The quantitative estimate of drug-likeness (QED) is 0.776. The lowest BCUT2D eigenvalue weighted by atomic mass is 10.1. The van der Waals surface area contributed by atoms with Gasteiger partial charge in [-0.25, -0.2) is 0 Å². The Morgan fingerprint density at radius 1 is 1.50 bits per heavy atom. The predicted octanol–water partition coefficient (Wildman–Crippen LogP) is 3.07. The highest BCUT2D eigenvalue weighted by Crippen LogP contribution is 2.13. The van der Waals surface area contributed by atoms with Crippen LogP contribution in [-0.4, -0.2) is 16.9 Å². The molecule has 2 atom stereocenters. The lowest BCUT2D eigenvalue weighted by Crippen LogP contribution is -2.24. The first-order chi connectivity index (χ1) is 6.63. The lowest BCUT2D eigenvalue weighted by Gasteiger charge is -2.20. The fourth-order valence-electron chi connectivity index (χ4n) is 1.17. The Morgan fingerprint density at radius 3 is 2.79 bits per heavy atom. The molecule has 78 valence electrons. The van der Waals surface area contributed by atoms with Gasteiger partial charge in [-0.2, -0.15) is 0 Å². The van der Waals surface area contributed by atoms with Gasteiger partial charge in [-0.1, -0.05) is 6.92 Å². The molecule has 0 aliphatic carbocycles. The van der Waals surface area contributed by atoms with Crippen molar-refractivity contribution in [3.05, 3.63) is 24.0 Å². The number of pyridine rings is 1. The van der Waals surface area contributed by atoms with Crippen LogP contribution < -0.4 is 5.32 Å². The Kier molecular flexibility index (Phi) is 4.21. The molecular weight excluding hydrogens is 196 g/mol. The summed E-state index contributed by atoms with van der Waals surface area (Å²) < 4.78 is 0. The van der Waals surface area contributed by atoms with Crippen LogP contribution >= 0.6 is 11.6 Å². The summed E-state index contributed by atoms with van der Waals surface area (Å²) in [5.41, 5.74) is 2.14. The third-order valence-corrected chi connectivity index (χ3v) is 2.87. The Balaban J connectivity index is 2.60. The van der Waals surface area contributed by atoms with Gasteiger partial charge in [0.2, 0.25) is 0 Å². The van der Waals surface area contributed by atoms with Gasteiger partial charge in [-0.15, -0.1) is 11.6 Å². The van der Waals surface area contributed by atoms with Crippen LogP contribution in [0.1, 0.15) is 19.5 Å². The number of halogens is 1. The zero-order valence-electron chi connectivity index (χ0n) is 8.92. The average Bonchev–Trinajstić information content (AvgIpc) is 2.16. The van der Waals surface area contributed by atoms with E-state index in [2.05, 4.69) is 24.1 Å². The van der Waals surface area contributed by atoms with Crippen LogP contribution in [0, 0.1) is 12.8 Å². The van der Waals surface area contributed by atoms with Crippen molar-refractivity contribution in [2.24, 2.45) is 5.92 Å². The molecule has 0 amide bonds. The zero-order chi connectivity index (χ0) is 10.6. The van der Waals surface area contributed by atoms with E-state index in [1.165, 1.54) is 0 Å². The zero-order valence-corrected chi connectivity index (χ0v) is 9.67. The number of hydrogen-bond donors (Lipinski definition) is 1. The molecule has 14 heavy (non-hydrogen) atoms. The van der Waals surface area contributed by atoms with Crippen molar-refractivity contribution >= 4 is 17.3 Å². The lowest BCUT2D eigenvalue weighted by molar-refractivity contribution is 0.566. The minimum absolute atomic E-state index is 0.384. The second-order valence-corrected chi connectivity index (χ2v) is 4.06. The summed E-state index contributed by atoms with van der Waals surface area (Å²) in [6, 6.07) is 4.40. The first kappa shape index (κ1) is 11.3. The van der Waals surface area contributed by atoms with E-state index in [0.29, 0.717) is 17.8 Å². The molecule has 0 bridgehead atoms. The molecule has 1 heterocycles. The Morgan fingerprint density at radius 2 is 2.21 bits per heavy atom. The van der Waals surface area contributed by atoms with Gasteiger partial charge < -0.3 is 5.32 Å². The topological polar surface area (TPSA) is 24.9 Å². The van der Waals surface area contributed by atoms with Gasteiger partial charge in [0.25, 0.3) is 0 Å². The maximum atomic E-state index is 5.79. The maximum Gasteiger partial charge on any atom is 0.0393 e. The second-order valence-electron chi connectivity index (χ2n) is 3.75. The van der Waals surface area contributed by atoms with E-state index in [4.69, 9.17) is 11.6 Å². The van der Waals surface area contributed by atoms with Crippen molar-refractivity contribution in [2.45, 2.75) is 26.8 Å². The van der Waals surface area contributed by atoms with E-state index < -0.39 is 0 Å². The highest BCUT2D eigenvalue weighted by molar-refractivity contribution is 6.18. The van der Waals surface area contributed by atoms with Gasteiger partial charge in [-0.3, -0.25) is 4.98 Å². The summed E-state index contributed by atoms with van der Waals surface area (Å²) >= 11 is 5.79. The van der Waals surface area contributed by atoms with Crippen LogP contribution in [0.15, 0.2) is 18.3 Å². The second kappa shape index (κ2) is 5.20. The van der Waals surface area contributed by atoms with Crippen LogP contribution in [0.2, 0.25) is 0 Å². The Bertz CT molecular complexity index is 288. The van der Waals surface area contributed by atoms with Crippen molar-refractivity contribution < 1.29 is 0 Å². The van der Waals surface area contributed by atoms with E-state index in [9.17, 15) is 0 Å². The van der Waals surface area contributed by atoms with E-state index in [1.54, 1.807) is 0 Å². The fraction of sp³-hybridized carbons (Fsp3) is 0.545. The molecule has 0 aliphatic heterocycles. The van der Waals surface area contributed by atoms with E-state index >= 15 is 0 Å². The summed E-state index contributed by atoms with van der Waals surface area (Å²) in [5, 5.41) is 3.41. The minimum Gasteiger partial charge on any atom is -0.382 e.